The van der Waals surface area contributed by atoms with Crippen LogP contribution < -0.4 is 0 Å². The van der Waals surface area contributed by atoms with Crippen molar-refractivity contribution in [1.82, 2.24) is 4.90 Å². The van der Waals surface area contributed by atoms with Crippen LogP contribution in [0.2, 0.25) is 0 Å². The van der Waals surface area contributed by atoms with Gasteiger partial charge in [-0.3, -0.25) is 4.79 Å². The molecule has 1 aromatic carbocycles. The number of sulfone groups is 1. The molecule has 0 aliphatic carbocycles. The maximum atomic E-state index is 12.6. The summed E-state index contributed by atoms with van der Waals surface area (Å²) in [5, 5.41) is 0. The number of amides is 1. The van der Waals surface area contributed by atoms with Gasteiger partial charge < -0.3 is 14.4 Å². The Balaban J connectivity index is 1.50. The first-order chi connectivity index (χ1) is 12.5. The van der Waals surface area contributed by atoms with E-state index >= 15 is 0 Å². The zero-order valence-corrected chi connectivity index (χ0v) is 16.0. The van der Waals surface area contributed by atoms with Gasteiger partial charge in [0.05, 0.1) is 30.0 Å². The lowest BCUT2D eigenvalue weighted by atomic mass is 10.1. The minimum atomic E-state index is -3.24. The first kappa shape index (κ1) is 19.3. The summed E-state index contributed by atoms with van der Waals surface area (Å²) in [6, 6.07) is 6.25. The summed E-state index contributed by atoms with van der Waals surface area (Å²) >= 11 is 0. The highest BCUT2D eigenvalue weighted by Gasteiger charge is 2.26. The van der Waals surface area contributed by atoms with Gasteiger partial charge in [-0.25, -0.2) is 8.42 Å². The van der Waals surface area contributed by atoms with E-state index in [9.17, 15) is 13.2 Å². The molecule has 2 saturated heterocycles. The molecule has 2 heterocycles. The van der Waals surface area contributed by atoms with Crippen molar-refractivity contribution in [2.75, 3.05) is 38.7 Å². The Kier molecular flexibility index (Phi) is 6.32. The Bertz CT molecular complexity index is 702. The third kappa shape index (κ3) is 4.64. The van der Waals surface area contributed by atoms with E-state index in [4.69, 9.17) is 9.47 Å². The van der Waals surface area contributed by atoms with Crippen molar-refractivity contribution in [3.05, 3.63) is 29.8 Å². The van der Waals surface area contributed by atoms with Crippen LogP contribution in [0.25, 0.3) is 0 Å². The highest BCUT2D eigenvalue weighted by molar-refractivity contribution is 7.91. The van der Waals surface area contributed by atoms with Gasteiger partial charge in [-0.05, 0) is 43.5 Å². The van der Waals surface area contributed by atoms with E-state index in [2.05, 4.69) is 0 Å². The highest BCUT2D eigenvalue weighted by Crippen LogP contribution is 2.20. The molecule has 26 heavy (non-hydrogen) atoms. The fraction of sp³-hybridized carbons (Fsp3) is 0.632. The quantitative estimate of drug-likeness (QED) is 0.755. The molecule has 6 nitrogen and oxygen atoms in total. The Morgan fingerprint density at radius 2 is 1.88 bits per heavy atom. The third-order valence-corrected chi connectivity index (χ3v) is 6.91. The molecule has 1 unspecified atom stereocenters. The minimum Gasteiger partial charge on any atom is -0.381 e. The van der Waals surface area contributed by atoms with Gasteiger partial charge in [0.2, 0.25) is 0 Å². The first-order valence-corrected chi connectivity index (χ1v) is 11.0. The number of rotatable bonds is 6. The molecule has 7 heteroatoms. The largest absolute Gasteiger partial charge is 0.381 e. The molecule has 0 saturated carbocycles. The van der Waals surface area contributed by atoms with Gasteiger partial charge in [0.1, 0.15) is 0 Å². The van der Waals surface area contributed by atoms with Gasteiger partial charge in [-0.2, -0.15) is 0 Å². The molecule has 2 aliphatic heterocycles. The van der Waals surface area contributed by atoms with Crippen LogP contribution in [-0.4, -0.2) is 64.0 Å². The SMILES string of the molecule is CCS(=O)(=O)c1ccc(C(=O)N2CCC(OCC3CCOC3)CC2)cc1. The smallest absolute Gasteiger partial charge is 0.253 e. The predicted molar refractivity (Wildman–Crippen MR) is 98.0 cm³/mol. The number of likely N-dealkylation sites (tertiary alicyclic amines) is 1. The Labute approximate surface area is 155 Å². The number of hydrogen-bond acceptors (Lipinski definition) is 5. The number of nitrogens with zero attached hydrogens (tertiary/aromatic N) is 1. The second-order valence-electron chi connectivity index (χ2n) is 6.98. The van der Waals surface area contributed by atoms with Crippen molar-refractivity contribution < 1.29 is 22.7 Å². The molecule has 144 valence electrons. The topological polar surface area (TPSA) is 72.9 Å². The number of benzene rings is 1. The summed E-state index contributed by atoms with van der Waals surface area (Å²) in [6.45, 7) is 5.31. The Morgan fingerprint density at radius 1 is 1.19 bits per heavy atom. The molecule has 1 aromatic rings. The zero-order chi connectivity index (χ0) is 18.6. The summed E-state index contributed by atoms with van der Waals surface area (Å²) in [4.78, 5) is 14.7. The van der Waals surface area contributed by atoms with Crippen molar-refractivity contribution >= 4 is 15.7 Å². The average molecular weight is 381 g/mol. The molecule has 0 N–H and O–H groups in total. The number of carbonyl (C=O) groups is 1. The molecule has 0 aromatic heterocycles. The van der Waals surface area contributed by atoms with Gasteiger partial charge in [-0.15, -0.1) is 0 Å². The van der Waals surface area contributed by atoms with Crippen LogP contribution in [0.4, 0.5) is 0 Å². The third-order valence-electron chi connectivity index (χ3n) is 5.16. The minimum absolute atomic E-state index is 0.0481. The van der Waals surface area contributed by atoms with Crippen molar-refractivity contribution in [1.29, 1.82) is 0 Å². The second-order valence-corrected chi connectivity index (χ2v) is 9.26. The van der Waals surface area contributed by atoms with Crippen LogP contribution in [0.5, 0.6) is 0 Å². The summed E-state index contributed by atoms with van der Waals surface area (Å²) in [5.74, 6) is 0.515. The van der Waals surface area contributed by atoms with Crippen molar-refractivity contribution in [2.45, 2.75) is 37.2 Å². The molecular weight excluding hydrogens is 354 g/mol. The van der Waals surface area contributed by atoms with Gasteiger partial charge >= 0.3 is 0 Å². The standard InChI is InChI=1S/C19H27NO5S/c1-2-26(22,23)18-5-3-16(4-6-18)19(21)20-10-7-17(8-11-20)25-14-15-9-12-24-13-15/h3-6,15,17H,2,7-14H2,1H3. The van der Waals surface area contributed by atoms with E-state index < -0.39 is 9.84 Å². The van der Waals surface area contributed by atoms with E-state index in [0.717, 1.165) is 39.1 Å². The number of carbonyl (C=O) groups excluding carboxylic acids is 1. The van der Waals surface area contributed by atoms with Crippen LogP contribution in [0.15, 0.2) is 29.2 Å². The molecule has 1 atom stereocenters. The molecule has 3 rings (SSSR count). The summed E-state index contributed by atoms with van der Waals surface area (Å²) < 4.78 is 35.1. The van der Waals surface area contributed by atoms with Crippen LogP contribution in [-0.2, 0) is 19.3 Å². The van der Waals surface area contributed by atoms with Crippen LogP contribution in [0.3, 0.4) is 0 Å². The number of ether oxygens (including phenoxy) is 2. The molecule has 2 fully saturated rings. The summed E-state index contributed by atoms with van der Waals surface area (Å²) in [6.07, 6.45) is 2.95. The maximum Gasteiger partial charge on any atom is 0.253 e. The van der Waals surface area contributed by atoms with E-state index in [-0.39, 0.29) is 22.7 Å². The van der Waals surface area contributed by atoms with Gasteiger partial charge in [0.15, 0.2) is 9.84 Å². The zero-order valence-electron chi connectivity index (χ0n) is 15.2. The Morgan fingerprint density at radius 3 is 2.46 bits per heavy atom. The Hall–Kier alpha value is -1.44. The summed E-state index contributed by atoms with van der Waals surface area (Å²) in [5.41, 5.74) is 0.530. The lowest BCUT2D eigenvalue weighted by molar-refractivity contribution is -0.00794. The number of hydrogen-bond donors (Lipinski definition) is 0. The molecule has 0 spiro atoms. The van der Waals surface area contributed by atoms with Gasteiger partial charge in [0, 0.05) is 31.2 Å². The van der Waals surface area contributed by atoms with E-state index in [1.54, 1.807) is 19.1 Å². The second kappa shape index (κ2) is 8.50. The van der Waals surface area contributed by atoms with Crippen molar-refractivity contribution in [2.24, 2.45) is 5.92 Å². The van der Waals surface area contributed by atoms with Crippen LogP contribution in [0.1, 0.15) is 36.5 Å². The lowest BCUT2D eigenvalue weighted by Gasteiger charge is -2.32. The van der Waals surface area contributed by atoms with Gasteiger partial charge in [-0.1, -0.05) is 6.92 Å². The number of piperidine rings is 1. The lowest BCUT2D eigenvalue weighted by Crippen LogP contribution is -2.41. The molecule has 0 radical (unpaired) electrons. The molecule has 2 aliphatic rings. The van der Waals surface area contributed by atoms with E-state index in [0.29, 0.717) is 24.6 Å². The van der Waals surface area contributed by atoms with Crippen LogP contribution >= 0.6 is 0 Å². The fourth-order valence-corrected chi connectivity index (χ4v) is 4.25. The molecular formula is C19H27NO5S. The average Bonchev–Trinajstić information content (AvgIpc) is 3.20. The molecule has 0 bridgehead atoms. The normalized spacial score (nSPS) is 21.9. The predicted octanol–water partition coefficient (Wildman–Crippen LogP) is 2.14. The maximum absolute atomic E-state index is 12.6. The van der Waals surface area contributed by atoms with Gasteiger partial charge in [0.25, 0.3) is 5.91 Å². The monoisotopic (exact) mass is 381 g/mol. The van der Waals surface area contributed by atoms with Crippen molar-refractivity contribution in [3.63, 3.8) is 0 Å². The van der Waals surface area contributed by atoms with Crippen molar-refractivity contribution in [3.8, 4) is 0 Å². The fourth-order valence-electron chi connectivity index (χ4n) is 3.37. The van der Waals surface area contributed by atoms with Crippen LogP contribution in [0, 0.1) is 5.92 Å². The van der Waals surface area contributed by atoms with E-state index in [1.165, 1.54) is 12.1 Å². The summed E-state index contributed by atoms with van der Waals surface area (Å²) in [7, 11) is -3.24. The highest BCUT2D eigenvalue weighted by atomic mass is 32.2. The van der Waals surface area contributed by atoms with E-state index in [1.807, 2.05) is 4.90 Å². The molecule has 1 amide bonds. The first-order valence-electron chi connectivity index (χ1n) is 9.31.